The first-order valence-corrected chi connectivity index (χ1v) is 10.9. The summed E-state index contributed by atoms with van der Waals surface area (Å²) in [6.45, 7) is 8.45. The maximum Gasteiger partial charge on any atom is 0.404 e. The van der Waals surface area contributed by atoms with Crippen LogP contribution < -0.4 is 15.8 Å². The normalized spacial score (nSPS) is 10.4. The molecule has 0 saturated carbocycles. The number of carbonyl (C=O) groups excluding carboxylic acids is 1. The number of nitrogens with zero attached hydrogens (tertiary/aromatic N) is 5. The Morgan fingerprint density at radius 2 is 1.90 bits per heavy atom. The average molecular weight is 434 g/mol. The molecule has 0 spiro atoms. The second-order valence-corrected chi connectivity index (χ2v) is 7.76. The molecule has 172 valence electrons. The van der Waals surface area contributed by atoms with Crippen molar-refractivity contribution in [3.05, 3.63) is 18.1 Å². The summed E-state index contributed by atoms with van der Waals surface area (Å²) in [5.74, 6) is 0.806. The molecule has 3 N–H and O–H groups in total. The lowest BCUT2D eigenvalue weighted by Crippen LogP contribution is -2.51. The van der Waals surface area contributed by atoms with Gasteiger partial charge < -0.3 is 15.3 Å². The molecule has 0 atom stereocenters. The minimum Gasteiger partial charge on any atom is -0.465 e. The van der Waals surface area contributed by atoms with E-state index in [9.17, 15) is 9.59 Å². The minimum atomic E-state index is -1.00. The Morgan fingerprint density at radius 3 is 2.55 bits per heavy atom. The SMILES string of the molecule is CCCCN(CCCCCCNC(=O)O)C(=O)NN(CC(C)C)c1ccnc(C#N)n1. The van der Waals surface area contributed by atoms with E-state index in [-0.39, 0.29) is 17.8 Å². The summed E-state index contributed by atoms with van der Waals surface area (Å²) in [6.07, 6.45) is 5.85. The highest BCUT2D eigenvalue weighted by Gasteiger charge is 2.18. The van der Waals surface area contributed by atoms with Crippen LogP contribution in [0.4, 0.5) is 15.4 Å². The van der Waals surface area contributed by atoms with E-state index in [1.165, 1.54) is 6.20 Å². The lowest BCUT2D eigenvalue weighted by atomic mass is 10.2. The third kappa shape index (κ3) is 11.0. The first-order valence-electron chi connectivity index (χ1n) is 10.9. The third-order valence-electron chi connectivity index (χ3n) is 4.50. The molecule has 10 nitrogen and oxygen atoms in total. The van der Waals surface area contributed by atoms with Crippen molar-refractivity contribution in [2.24, 2.45) is 5.92 Å². The molecule has 1 aromatic heterocycles. The fourth-order valence-corrected chi connectivity index (χ4v) is 2.94. The van der Waals surface area contributed by atoms with Crippen molar-refractivity contribution in [2.75, 3.05) is 31.2 Å². The highest BCUT2D eigenvalue weighted by molar-refractivity contribution is 5.76. The van der Waals surface area contributed by atoms with E-state index < -0.39 is 6.09 Å². The van der Waals surface area contributed by atoms with Crippen LogP contribution in [-0.4, -0.2) is 58.3 Å². The molecule has 3 amide bonds. The Kier molecular flexibility index (Phi) is 12.4. The van der Waals surface area contributed by atoms with Crippen molar-refractivity contribution < 1.29 is 14.7 Å². The number of amides is 3. The van der Waals surface area contributed by atoms with Gasteiger partial charge in [-0.2, -0.15) is 10.2 Å². The summed E-state index contributed by atoms with van der Waals surface area (Å²) in [5.41, 5.74) is 2.94. The van der Waals surface area contributed by atoms with Gasteiger partial charge in [-0.3, -0.25) is 5.01 Å². The van der Waals surface area contributed by atoms with E-state index in [0.717, 1.165) is 38.5 Å². The molecular weight excluding hydrogens is 398 g/mol. The highest BCUT2D eigenvalue weighted by Crippen LogP contribution is 2.11. The largest absolute Gasteiger partial charge is 0.465 e. The van der Waals surface area contributed by atoms with Gasteiger partial charge in [0.1, 0.15) is 6.07 Å². The number of carboxylic acid groups (broad SMARTS) is 1. The molecule has 0 radical (unpaired) electrons. The van der Waals surface area contributed by atoms with Crippen LogP contribution in [0.25, 0.3) is 0 Å². The molecular formula is C21H35N7O3. The van der Waals surface area contributed by atoms with E-state index >= 15 is 0 Å². The molecule has 31 heavy (non-hydrogen) atoms. The van der Waals surface area contributed by atoms with Gasteiger partial charge in [0.2, 0.25) is 5.82 Å². The molecule has 10 heteroatoms. The molecule has 1 rings (SSSR count). The van der Waals surface area contributed by atoms with Crippen LogP contribution in [0.15, 0.2) is 12.3 Å². The van der Waals surface area contributed by atoms with Gasteiger partial charge in [0.15, 0.2) is 5.82 Å². The number of aromatic nitrogens is 2. The number of nitriles is 1. The maximum absolute atomic E-state index is 13.0. The molecule has 0 fully saturated rings. The number of urea groups is 1. The van der Waals surface area contributed by atoms with Crippen LogP contribution >= 0.6 is 0 Å². The van der Waals surface area contributed by atoms with Crippen molar-refractivity contribution in [3.8, 4) is 6.07 Å². The average Bonchev–Trinajstić information content (AvgIpc) is 2.74. The fraction of sp³-hybridized carbons (Fsp3) is 0.667. The number of unbranched alkanes of at least 4 members (excludes halogenated alkanes) is 4. The number of anilines is 1. The molecule has 0 bridgehead atoms. The van der Waals surface area contributed by atoms with Gasteiger partial charge in [-0.15, -0.1) is 0 Å². The summed E-state index contributed by atoms with van der Waals surface area (Å²) in [4.78, 5) is 33.4. The summed E-state index contributed by atoms with van der Waals surface area (Å²) in [6, 6.07) is 3.40. The Labute approximate surface area is 184 Å². The monoisotopic (exact) mass is 433 g/mol. The molecule has 1 heterocycles. The number of nitrogens with one attached hydrogen (secondary N) is 2. The van der Waals surface area contributed by atoms with Gasteiger partial charge >= 0.3 is 12.1 Å². The Bertz CT molecular complexity index is 721. The van der Waals surface area contributed by atoms with Crippen LogP contribution in [0.5, 0.6) is 0 Å². The van der Waals surface area contributed by atoms with Crippen molar-refractivity contribution in [1.29, 1.82) is 5.26 Å². The van der Waals surface area contributed by atoms with Gasteiger partial charge in [0.25, 0.3) is 0 Å². The Balaban J connectivity index is 2.68. The second kappa shape index (κ2) is 14.8. The number of carbonyl (C=O) groups is 2. The zero-order chi connectivity index (χ0) is 23.1. The second-order valence-electron chi connectivity index (χ2n) is 7.76. The lowest BCUT2D eigenvalue weighted by molar-refractivity contribution is 0.192. The Hall–Kier alpha value is -3.09. The van der Waals surface area contributed by atoms with Gasteiger partial charge in [-0.1, -0.05) is 40.0 Å². The van der Waals surface area contributed by atoms with Crippen molar-refractivity contribution in [2.45, 2.75) is 59.3 Å². The van der Waals surface area contributed by atoms with Crippen molar-refractivity contribution >= 4 is 17.9 Å². The quantitative estimate of drug-likeness (QED) is 0.302. The summed E-state index contributed by atoms with van der Waals surface area (Å²) in [5, 5.41) is 21.7. The summed E-state index contributed by atoms with van der Waals surface area (Å²) < 4.78 is 0. The first kappa shape index (κ1) is 25.9. The van der Waals surface area contributed by atoms with Gasteiger partial charge in [-0.25, -0.2) is 20.0 Å². The van der Waals surface area contributed by atoms with Crippen molar-refractivity contribution in [3.63, 3.8) is 0 Å². The van der Waals surface area contributed by atoms with Crippen LogP contribution in [0.3, 0.4) is 0 Å². The molecule has 1 aromatic rings. The molecule has 0 aromatic carbocycles. The standard InChI is InChI=1S/C21H35N7O3/c1-4-5-13-27(14-9-7-6-8-11-24-21(30)31)20(29)26-28(16-17(2)3)19-10-12-23-18(15-22)25-19/h10,12,17,24H,4-9,11,13-14,16H2,1-3H3,(H,26,29)(H,30,31). The predicted octanol–water partition coefficient (Wildman–Crippen LogP) is 3.37. The van der Waals surface area contributed by atoms with Crippen LogP contribution in [0.2, 0.25) is 0 Å². The maximum atomic E-state index is 13.0. The zero-order valence-corrected chi connectivity index (χ0v) is 18.8. The van der Waals surface area contributed by atoms with Gasteiger partial charge in [0.05, 0.1) is 0 Å². The lowest BCUT2D eigenvalue weighted by Gasteiger charge is -2.30. The topological polar surface area (TPSA) is 134 Å². The van der Waals surface area contributed by atoms with Gasteiger partial charge in [0, 0.05) is 38.4 Å². The van der Waals surface area contributed by atoms with E-state index in [4.69, 9.17) is 10.4 Å². The number of hydrogen-bond acceptors (Lipinski definition) is 6. The molecule has 0 aliphatic heterocycles. The summed E-state index contributed by atoms with van der Waals surface area (Å²) in [7, 11) is 0. The Morgan fingerprint density at radius 1 is 1.19 bits per heavy atom. The first-order chi connectivity index (χ1) is 14.9. The number of hydrazine groups is 1. The molecule has 0 saturated heterocycles. The molecule has 0 unspecified atom stereocenters. The summed E-state index contributed by atoms with van der Waals surface area (Å²) >= 11 is 0. The zero-order valence-electron chi connectivity index (χ0n) is 18.8. The number of rotatable bonds is 14. The number of hydrogen-bond donors (Lipinski definition) is 3. The molecule has 0 aliphatic rings. The van der Waals surface area contributed by atoms with E-state index in [0.29, 0.717) is 32.0 Å². The predicted molar refractivity (Wildman–Crippen MR) is 118 cm³/mol. The van der Waals surface area contributed by atoms with Gasteiger partial charge in [-0.05, 0) is 25.2 Å². The van der Waals surface area contributed by atoms with Crippen LogP contribution in [-0.2, 0) is 0 Å². The minimum absolute atomic E-state index is 0.0562. The third-order valence-corrected chi connectivity index (χ3v) is 4.50. The molecule has 0 aliphatic carbocycles. The van der Waals surface area contributed by atoms with Crippen molar-refractivity contribution in [1.82, 2.24) is 25.6 Å². The smallest absolute Gasteiger partial charge is 0.404 e. The van der Waals surface area contributed by atoms with E-state index in [1.807, 2.05) is 19.9 Å². The van der Waals surface area contributed by atoms with E-state index in [2.05, 4.69) is 27.6 Å². The van der Waals surface area contributed by atoms with E-state index in [1.54, 1.807) is 16.0 Å². The fourth-order valence-electron chi connectivity index (χ4n) is 2.94. The highest BCUT2D eigenvalue weighted by atomic mass is 16.4. The van der Waals surface area contributed by atoms with Crippen LogP contribution in [0.1, 0.15) is 65.1 Å². The van der Waals surface area contributed by atoms with Crippen LogP contribution in [0, 0.1) is 17.2 Å².